The molecule has 2 heteroatoms. The lowest BCUT2D eigenvalue weighted by Gasteiger charge is -2.09. The van der Waals surface area contributed by atoms with Crippen LogP contribution in [0.3, 0.4) is 0 Å². The number of fused-ring (bicyclic) bond motifs is 1. The van der Waals surface area contributed by atoms with Gasteiger partial charge in [-0.1, -0.05) is 30.3 Å². The van der Waals surface area contributed by atoms with E-state index in [0.29, 0.717) is 5.56 Å². The Kier molecular flexibility index (Phi) is 2.14. The second-order valence-corrected chi connectivity index (χ2v) is 3.36. The summed E-state index contributed by atoms with van der Waals surface area (Å²) in [7, 11) is 0. The van der Waals surface area contributed by atoms with E-state index in [4.69, 9.17) is 0 Å². The lowest BCUT2D eigenvalue weighted by Crippen LogP contribution is -1.91. The molecule has 1 atom stereocenters. The zero-order valence-electron chi connectivity index (χ0n) is 7.90. The number of benzene rings is 2. The highest BCUT2D eigenvalue weighted by atomic mass is 16.3. The van der Waals surface area contributed by atoms with Crippen LogP contribution < -0.4 is 0 Å². The minimum absolute atomic E-state index is 0.0891. The molecule has 14 heavy (non-hydrogen) atoms. The number of aromatic hydroxyl groups is 1. The fourth-order valence-corrected chi connectivity index (χ4v) is 1.71. The third-order valence-electron chi connectivity index (χ3n) is 2.35. The van der Waals surface area contributed by atoms with Crippen molar-refractivity contribution in [2.75, 3.05) is 0 Å². The molecular weight excluding hydrogens is 176 g/mol. The Bertz CT molecular complexity index is 461. The second kappa shape index (κ2) is 3.31. The van der Waals surface area contributed by atoms with Crippen LogP contribution in [0.25, 0.3) is 10.8 Å². The van der Waals surface area contributed by atoms with Gasteiger partial charge in [0.1, 0.15) is 11.9 Å². The van der Waals surface area contributed by atoms with Gasteiger partial charge in [0.15, 0.2) is 0 Å². The highest BCUT2D eigenvalue weighted by Crippen LogP contribution is 2.32. The molecule has 0 aliphatic carbocycles. The second-order valence-electron chi connectivity index (χ2n) is 3.36. The van der Waals surface area contributed by atoms with Gasteiger partial charge in [-0.05, 0) is 23.8 Å². The quantitative estimate of drug-likeness (QED) is 0.732. The molecule has 0 spiro atoms. The maximum absolute atomic E-state index is 11.4. The first-order chi connectivity index (χ1) is 6.70. The number of phenolic OH excluding ortho intramolecular Hbond substituents is 1. The normalized spacial score (nSPS) is 13.0. The fourth-order valence-electron chi connectivity index (χ4n) is 1.71. The van der Waals surface area contributed by atoms with Gasteiger partial charge in [-0.25, -0.2) is 5.11 Å². The standard InChI is InChI=1S/C12H11O2/c1-8(13)12-10-5-3-2-4-9(10)6-7-11(12)14/h2-8,14H,1H3. The third kappa shape index (κ3) is 1.34. The van der Waals surface area contributed by atoms with Crippen LogP contribution in [0.2, 0.25) is 0 Å². The molecule has 0 fully saturated rings. The Labute approximate surface area is 82.4 Å². The van der Waals surface area contributed by atoms with E-state index in [1.165, 1.54) is 0 Å². The Hall–Kier alpha value is -1.54. The van der Waals surface area contributed by atoms with Crippen molar-refractivity contribution in [1.29, 1.82) is 0 Å². The van der Waals surface area contributed by atoms with Gasteiger partial charge in [-0.2, -0.15) is 0 Å². The summed E-state index contributed by atoms with van der Waals surface area (Å²) in [4.78, 5) is 0. The van der Waals surface area contributed by atoms with Crippen molar-refractivity contribution in [2.24, 2.45) is 0 Å². The molecular formula is C12H11O2. The Morgan fingerprint density at radius 3 is 2.57 bits per heavy atom. The average molecular weight is 187 g/mol. The van der Waals surface area contributed by atoms with Gasteiger partial charge in [-0.3, -0.25) is 0 Å². The number of hydrogen-bond acceptors (Lipinski definition) is 1. The molecule has 0 amide bonds. The molecule has 0 saturated carbocycles. The Morgan fingerprint density at radius 1 is 1.14 bits per heavy atom. The zero-order chi connectivity index (χ0) is 10.1. The van der Waals surface area contributed by atoms with Gasteiger partial charge in [0.25, 0.3) is 0 Å². The van der Waals surface area contributed by atoms with E-state index in [-0.39, 0.29) is 5.75 Å². The predicted molar refractivity (Wildman–Crippen MR) is 54.7 cm³/mol. The van der Waals surface area contributed by atoms with Gasteiger partial charge in [0.05, 0.1) is 0 Å². The summed E-state index contributed by atoms with van der Waals surface area (Å²) in [5.74, 6) is 0.0891. The predicted octanol–water partition coefficient (Wildman–Crippen LogP) is 3.04. The molecule has 0 aliphatic heterocycles. The molecule has 2 aromatic carbocycles. The molecule has 1 unspecified atom stereocenters. The van der Waals surface area contributed by atoms with Crippen molar-refractivity contribution in [3.63, 3.8) is 0 Å². The monoisotopic (exact) mass is 187 g/mol. The summed E-state index contributed by atoms with van der Waals surface area (Å²) in [6.07, 6.45) is -0.902. The Morgan fingerprint density at radius 2 is 1.86 bits per heavy atom. The SMILES string of the molecule is CC([O])c1c(O)ccc2ccccc12. The van der Waals surface area contributed by atoms with Crippen LogP contribution in [-0.2, 0) is 5.11 Å². The van der Waals surface area contributed by atoms with Crippen LogP contribution in [0.4, 0.5) is 0 Å². The molecule has 0 aromatic heterocycles. The molecule has 71 valence electrons. The van der Waals surface area contributed by atoms with Gasteiger partial charge in [-0.15, -0.1) is 0 Å². The van der Waals surface area contributed by atoms with E-state index >= 15 is 0 Å². The molecule has 0 bridgehead atoms. The van der Waals surface area contributed by atoms with Crippen molar-refractivity contribution in [1.82, 2.24) is 0 Å². The van der Waals surface area contributed by atoms with E-state index < -0.39 is 6.10 Å². The minimum Gasteiger partial charge on any atom is -0.508 e. The number of rotatable bonds is 1. The van der Waals surface area contributed by atoms with Crippen molar-refractivity contribution < 1.29 is 10.2 Å². The van der Waals surface area contributed by atoms with Crippen LogP contribution in [-0.4, -0.2) is 5.11 Å². The third-order valence-corrected chi connectivity index (χ3v) is 2.35. The first-order valence-electron chi connectivity index (χ1n) is 4.56. The molecule has 2 aromatic rings. The van der Waals surface area contributed by atoms with Crippen LogP contribution in [0.15, 0.2) is 36.4 Å². The van der Waals surface area contributed by atoms with E-state index in [9.17, 15) is 10.2 Å². The molecule has 0 saturated heterocycles. The van der Waals surface area contributed by atoms with E-state index in [1.54, 1.807) is 13.0 Å². The lowest BCUT2D eigenvalue weighted by atomic mass is 10.0. The smallest absolute Gasteiger partial charge is 0.122 e. The summed E-state index contributed by atoms with van der Waals surface area (Å²) in [6.45, 7) is 1.54. The maximum Gasteiger partial charge on any atom is 0.122 e. The largest absolute Gasteiger partial charge is 0.508 e. The summed E-state index contributed by atoms with van der Waals surface area (Å²) in [5.41, 5.74) is 0.489. The first kappa shape index (κ1) is 9.03. The highest BCUT2D eigenvalue weighted by molar-refractivity contribution is 5.87. The molecule has 1 radical (unpaired) electrons. The van der Waals surface area contributed by atoms with Crippen molar-refractivity contribution in [2.45, 2.75) is 13.0 Å². The van der Waals surface area contributed by atoms with Crippen molar-refractivity contribution in [3.05, 3.63) is 42.0 Å². The van der Waals surface area contributed by atoms with Crippen LogP contribution >= 0.6 is 0 Å². The molecule has 2 nitrogen and oxygen atoms in total. The number of hydrogen-bond donors (Lipinski definition) is 1. The molecule has 1 N–H and O–H groups in total. The van der Waals surface area contributed by atoms with E-state index in [0.717, 1.165) is 10.8 Å². The lowest BCUT2D eigenvalue weighted by molar-refractivity contribution is 0.105. The Balaban J connectivity index is 2.83. The summed E-state index contributed by atoms with van der Waals surface area (Å²) in [6, 6.07) is 11.0. The van der Waals surface area contributed by atoms with Gasteiger partial charge >= 0.3 is 0 Å². The molecule has 0 aliphatic rings. The van der Waals surface area contributed by atoms with Crippen LogP contribution in [0, 0.1) is 0 Å². The first-order valence-corrected chi connectivity index (χ1v) is 4.56. The van der Waals surface area contributed by atoms with Crippen molar-refractivity contribution >= 4 is 10.8 Å². The molecule has 2 rings (SSSR count). The van der Waals surface area contributed by atoms with E-state index in [1.807, 2.05) is 30.3 Å². The van der Waals surface area contributed by atoms with Crippen LogP contribution in [0.5, 0.6) is 5.75 Å². The zero-order valence-corrected chi connectivity index (χ0v) is 7.90. The fraction of sp³-hybridized carbons (Fsp3) is 0.167. The molecule has 0 heterocycles. The van der Waals surface area contributed by atoms with Crippen LogP contribution in [0.1, 0.15) is 18.6 Å². The summed E-state index contributed by atoms with van der Waals surface area (Å²) >= 11 is 0. The maximum atomic E-state index is 11.4. The number of phenols is 1. The van der Waals surface area contributed by atoms with Gasteiger partial charge in [0, 0.05) is 5.56 Å². The topological polar surface area (TPSA) is 40.1 Å². The highest BCUT2D eigenvalue weighted by Gasteiger charge is 2.12. The van der Waals surface area contributed by atoms with Crippen molar-refractivity contribution in [3.8, 4) is 5.75 Å². The van der Waals surface area contributed by atoms with Gasteiger partial charge in [0.2, 0.25) is 0 Å². The average Bonchev–Trinajstić information content (AvgIpc) is 2.17. The minimum atomic E-state index is -0.902. The summed E-state index contributed by atoms with van der Waals surface area (Å²) in [5, 5.41) is 22.8. The van der Waals surface area contributed by atoms with E-state index in [2.05, 4.69) is 0 Å². The van der Waals surface area contributed by atoms with Gasteiger partial charge < -0.3 is 5.11 Å². The summed E-state index contributed by atoms with van der Waals surface area (Å²) < 4.78 is 0.